The Morgan fingerprint density at radius 1 is 1.29 bits per heavy atom. The minimum atomic E-state index is -0.737. The lowest BCUT2D eigenvalue weighted by molar-refractivity contribution is -0.0138. The van der Waals surface area contributed by atoms with E-state index in [4.69, 9.17) is 11.6 Å². The van der Waals surface area contributed by atoms with Crippen molar-refractivity contribution in [1.82, 2.24) is 15.1 Å². The Balaban J connectivity index is 1.42. The first-order chi connectivity index (χ1) is 14.8. The van der Waals surface area contributed by atoms with Crippen molar-refractivity contribution in [2.45, 2.75) is 32.8 Å². The van der Waals surface area contributed by atoms with Gasteiger partial charge < -0.3 is 15.3 Å². The number of rotatable bonds is 4. The number of carbonyl (C=O) groups is 1. The van der Waals surface area contributed by atoms with Gasteiger partial charge in [-0.25, -0.2) is 9.18 Å². The van der Waals surface area contributed by atoms with E-state index in [2.05, 4.69) is 29.4 Å². The van der Waals surface area contributed by atoms with Crippen molar-refractivity contribution in [3.05, 3.63) is 59.0 Å². The van der Waals surface area contributed by atoms with E-state index in [9.17, 15) is 14.3 Å². The van der Waals surface area contributed by atoms with Crippen LogP contribution in [-0.2, 0) is 0 Å². The molecule has 0 spiro atoms. The molecule has 0 unspecified atom stereocenters. The van der Waals surface area contributed by atoms with E-state index in [0.717, 1.165) is 29.3 Å². The maximum absolute atomic E-state index is 13.1. The number of amides is 2. The highest BCUT2D eigenvalue weighted by Gasteiger charge is 2.40. The minimum absolute atomic E-state index is 0.197. The van der Waals surface area contributed by atoms with Crippen molar-refractivity contribution in [2.24, 2.45) is 11.3 Å². The quantitative estimate of drug-likeness (QED) is 0.506. The molecule has 0 radical (unpaired) electrons. The predicted octanol–water partition coefficient (Wildman–Crippen LogP) is 5.36. The molecule has 2 amide bonds. The Labute approximate surface area is 185 Å². The number of aromatic nitrogens is 2. The van der Waals surface area contributed by atoms with Crippen LogP contribution in [0.1, 0.15) is 38.4 Å². The molecular weight excluding hydrogens is 419 g/mol. The molecule has 0 bridgehead atoms. The lowest BCUT2D eigenvalue weighted by Crippen LogP contribution is -2.45. The predicted molar refractivity (Wildman–Crippen MR) is 120 cm³/mol. The van der Waals surface area contributed by atoms with E-state index < -0.39 is 11.5 Å². The molecule has 31 heavy (non-hydrogen) atoms. The number of anilines is 1. The van der Waals surface area contributed by atoms with Crippen molar-refractivity contribution < 1.29 is 14.3 Å². The molecular formula is C23H26ClFN4O2. The number of aliphatic hydroxyl groups is 1. The number of H-pyrrole nitrogens is 1. The molecule has 6 nitrogen and oxygen atoms in total. The zero-order valence-corrected chi connectivity index (χ0v) is 18.3. The van der Waals surface area contributed by atoms with E-state index in [1.807, 2.05) is 6.07 Å². The van der Waals surface area contributed by atoms with Gasteiger partial charge in [0.25, 0.3) is 0 Å². The number of urea groups is 1. The third kappa shape index (κ3) is 4.38. The van der Waals surface area contributed by atoms with Gasteiger partial charge in [0.15, 0.2) is 0 Å². The number of hydrogen-bond donors (Lipinski definition) is 3. The zero-order valence-electron chi connectivity index (χ0n) is 17.5. The number of benzene rings is 2. The van der Waals surface area contributed by atoms with Gasteiger partial charge in [-0.3, -0.25) is 5.10 Å². The second-order valence-corrected chi connectivity index (χ2v) is 9.19. The van der Waals surface area contributed by atoms with Gasteiger partial charge in [-0.2, -0.15) is 5.10 Å². The second kappa shape index (κ2) is 8.48. The van der Waals surface area contributed by atoms with Crippen LogP contribution in [0.4, 0.5) is 14.9 Å². The number of aliphatic hydroxyl groups excluding tert-OH is 1. The Kier molecular flexibility index (Phi) is 5.90. The summed E-state index contributed by atoms with van der Waals surface area (Å²) in [4.78, 5) is 14.3. The number of nitrogens with zero attached hydrogens (tertiary/aromatic N) is 2. The average molecular weight is 445 g/mol. The molecule has 1 aliphatic heterocycles. The van der Waals surface area contributed by atoms with E-state index in [1.165, 1.54) is 12.1 Å². The van der Waals surface area contributed by atoms with Gasteiger partial charge in [-0.15, -0.1) is 0 Å². The number of halogens is 2. The summed E-state index contributed by atoms with van der Waals surface area (Å²) in [5, 5.41) is 22.6. The van der Waals surface area contributed by atoms with Crippen molar-refractivity contribution in [3.8, 4) is 0 Å². The highest BCUT2D eigenvalue weighted by Crippen LogP contribution is 2.46. The molecule has 1 aromatic heterocycles. The maximum atomic E-state index is 13.1. The summed E-state index contributed by atoms with van der Waals surface area (Å²) in [5.41, 5.74) is 1.67. The standard InChI is InChI=1S/C23H26ClFN4O2/c1-23(2,21(30)19-12-16(24)11-14-13-26-28-20(14)19)15-7-9-29(10-8-15)22(31)27-18-5-3-17(25)4-6-18/h3-6,11-13,15,21,30H,7-10H2,1-2H3,(H,26,28)(H,27,31)/t21-/m0/s1. The molecule has 0 saturated carbocycles. The fourth-order valence-electron chi connectivity index (χ4n) is 4.45. The van der Waals surface area contributed by atoms with Crippen molar-refractivity contribution in [1.29, 1.82) is 0 Å². The molecule has 3 aromatic rings. The molecule has 1 fully saturated rings. The lowest BCUT2D eigenvalue weighted by atomic mass is 9.68. The Morgan fingerprint density at radius 2 is 1.97 bits per heavy atom. The summed E-state index contributed by atoms with van der Waals surface area (Å²) < 4.78 is 13.1. The SMILES string of the molecule is CC(C)(C1CCN(C(=O)Nc2ccc(F)cc2)CC1)[C@@H](O)c1cc(Cl)cc2cn[nH]c12. The fraction of sp³-hybridized carbons (Fsp3) is 0.391. The van der Waals surface area contributed by atoms with E-state index >= 15 is 0 Å². The van der Waals surface area contributed by atoms with Crippen LogP contribution in [0.3, 0.4) is 0 Å². The molecule has 0 aliphatic carbocycles. The molecule has 3 N–H and O–H groups in total. The second-order valence-electron chi connectivity index (χ2n) is 8.75. The van der Waals surface area contributed by atoms with Gasteiger partial charge in [0.05, 0.1) is 17.8 Å². The van der Waals surface area contributed by atoms with Crippen molar-refractivity contribution in [3.63, 3.8) is 0 Å². The summed E-state index contributed by atoms with van der Waals surface area (Å²) in [6.45, 7) is 5.28. The Bertz CT molecular complexity index is 1070. The number of fused-ring (bicyclic) bond motifs is 1. The van der Waals surface area contributed by atoms with Gasteiger partial charge in [0, 0.05) is 34.7 Å². The Morgan fingerprint density at radius 3 is 2.65 bits per heavy atom. The number of hydrogen-bond acceptors (Lipinski definition) is 3. The Hall–Kier alpha value is -2.64. The largest absolute Gasteiger partial charge is 0.388 e. The smallest absolute Gasteiger partial charge is 0.321 e. The van der Waals surface area contributed by atoms with Crippen molar-refractivity contribution >= 4 is 34.2 Å². The summed E-state index contributed by atoms with van der Waals surface area (Å²) in [6, 6.07) is 9.14. The van der Waals surface area contributed by atoms with E-state index in [0.29, 0.717) is 23.8 Å². The zero-order chi connectivity index (χ0) is 22.2. The van der Waals surface area contributed by atoms with Crippen LogP contribution in [0.5, 0.6) is 0 Å². The van der Waals surface area contributed by atoms with Crippen LogP contribution in [0.25, 0.3) is 10.9 Å². The van der Waals surface area contributed by atoms with Gasteiger partial charge in [0.1, 0.15) is 5.82 Å². The van der Waals surface area contributed by atoms with E-state index in [-0.39, 0.29) is 17.8 Å². The van der Waals surface area contributed by atoms with Gasteiger partial charge in [-0.05, 0) is 60.6 Å². The number of likely N-dealkylation sites (tertiary alicyclic amines) is 1. The summed E-state index contributed by atoms with van der Waals surface area (Å²) in [6.07, 6.45) is 2.50. The molecule has 1 atom stereocenters. The van der Waals surface area contributed by atoms with Gasteiger partial charge >= 0.3 is 6.03 Å². The van der Waals surface area contributed by atoms with Crippen LogP contribution in [0.15, 0.2) is 42.6 Å². The molecule has 2 heterocycles. The number of nitrogens with one attached hydrogen (secondary N) is 2. The van der Waals surface area contributed by atoms with Crippen molar-refractivity contribution in [2.75, 3.05) is 18.4 Å². The maximum Gasteiger partial charge on any atom is 0.321 e. The number of piperidine rings is 1. The number of aromatic amines is 1. The lowest BCUT2D eigenvalue weighted by Gasteiger charge is -2.43. The number of carbonyl (C=O) groups excluding carboxylic acids is 1. The van der Waals surface area contributed by atoms with E-state index in [1.54, 1.807) is 29.3 Å². The highest BCUT2D eigenvalue weighted by molar-refractivity contribution is 6.31. The van der Waals surface area contributed by atoms with Crippen LogP contribution in [0.2, 0.25) is 5.02 Å². The van der Waals surface area contributed by atoms with Gasteiger partial charge in [0.2, 0.25) is 0 Å². The van der Waals surface area contributed by atoms with Crippen LogP contribution in [-0.4, -0.2) is 39.3 Å². The van der Waals surface area contributed by atoms with Crippen LogP contribution in [0, 0.1) is 17.2 Å². The molecule has 8 heteroatoms. The monoisotopic (exact) mass is 444 g/mol. The fourth-order valence-corrected chi connectivity index (χ4v) is 4.68. The highest BCUT2D eigenvalue weighted by atomic mass is 35.5. The topological polar surface area (TPSA) is 81.2 Å². The molecule has 164 valence electrons. The first-order valence-corrected chi connectivity index (χ1v) is 10.8. The average Bonchev–Trinajstić information content (AvgIpc) is 3.22. The van der Waals surface area contributed by atoms with Gasteiger partial charge in [-0.1, -0.05) is 25.4 Å². The van der Waals surface area contributed by atoms with Crippen LogP contribution >= 0.6 is 11.6 Å². The van der Waals surface area contributed by atoms with Crippen LogP contribution < -0.4 is 5.32 Å². The summed E-state index contributed by atoms with van der Waals surface area (Å²) >= 11 is 6.27. The normalized spacial score (nSPS) is 16.5. The minimum Gasteiger partial charge on any atom is -0.388 e. The molecule has 1 aliphatic rings. The summed E-state index contributed by atoms with van der Waals surface area (Å²) in [7, 11) is 0. The third-order valence-corrected chi connectivity index (χ3v) is 6.69. The molecule has 2 aromatic carbocycles. The molecule has 4 rings (SSSR count). The molecule has 1 saturated heterocycles. The first-order valence-electron chi connectivity index (χ1n) is 10.4. The first kappa shape index (κ1) is 21.6. The third-order valence-electron chi connectivity index (χ3n) is 6.47. The summed E-state index contributed by atoms with van der Waals surface area (Å²) in [5.74, 6) is -0.124.